The fourth-order valence-corrected chi connectivity index (χ4v) is 13.5. The zero-order chi connectivity index (χ0) is 71.7. The standard InChI is InChI=1S/C74H105N2O21PSi/c1-13-49(7)38-60(77)75-67-70(94-64(81)40-55(14-2)85-43-51-32-24-20-25-33-51)68(86-44-52-34-26-21-27-35-52)59(93-73(67)97-99(11,12)74(8,9)10)48-87-72-66(76-61(78)39-56(15-3)90-62(79)17-5)71(95-65(82)41-57(16-4)91-63(80)18-6)69(58(92-72)47-84-42-50-30-22-19-23-31-50)96-98(83)88-45-53-36-28-29-37-54(53)46-89-98/h19-37,49,55-59,66-73H,13-18,38-48H2,1-12H3,(H,75,77)(H,76,78)/t49-,55-,56-,57-,58?,59?,66?,67?,68-,69-,70-,71-,72-,73+/m1/s1. The van der Waals surface area contributed by atoms with Gasteiger partial charge in [-0.25, -0.2) is 4.57 Å². The Bertz CT molecular complexity index is 3180. The second-order valence-corrected chi connectivity index (χ2v) is 33.3. The maximum absolute atomic E-state index is 15.3. The van der Waals surface area contributed by atoms with Gasteiger partial charge in [0.05, 0.1) is 71.6 Å². The molecule has 4 aromatic rings. The van der Waals surface area contributed by atoms with Gasteiger partial charge in [-0.15, -0.1) is 0 Å². The Morgan fingerprint density at radius 2 is 0.980 bits per heavy atom. The molecule has 0 saturated carbocycles. The lowest BCUT2D eigenvalue weighted by Crippen LogP contribution is -2.69. The number of benzene rings is 4. The minimum atomic E-state index is -4.72. The highest BCUT2D eigenvalue weighted by molar-refractivity contribution is 7.48. The van der Waals surface area contributed by atoms with Crippen molar-refractivity contribution < 1.29 is 98.7 Å². The van der Waals surface area contributed by atoms with Crippen molar-refractivity contribution in [2.75, 3.05) is 13.2 Å². The molecule has 0 bridgehead atoms. The summed E-state index contributed by atoms with van der Waals surface area (Å²) in [5, 5.41) is 5.73. The van der Waals surface area contributed by atoms with Crippen LogP contribution in [0.3, 0.4) is 0 Å². The number of carbonyl (C=O) groups excluding carboxylic acids is 6. The number of esters is 4. The monoisotopic (exact) mass is 1420 g/mol. The summed E-state index contributed by atoms with van der Waals surface area (Å²) < 4.78 is 107. The van der Waals surface area contributed by atoms with Gasteiger partial charge in [0.15, 0.2) is 33.1 Å². The van der Waals surface area contributed by atoms with Gasteiger partial charge >= 0.3 is 31.7 Å². The number of fused-ring (bicyclic) bond motifs is 1. The van der Waals surface area contributed by atoms with Crippen molar-refractivity contribution in [2.24, 2.45) is 5.92 Å². The van der Waals surface area contributed by atoms with Crippen LogP contribution >= 0.6 is 7.82 Å². The average Bonchev–Trinajstić information content (AvgIpc) is 1.08. The summed E-state index contributed by atoms with van der Waals surface area (Å²) >= 11 is 0. The van der Waals surface area contributed by atoms with Gasteiger partial charge in [-0.05, 0) is 71.1 Å². The van der Waals surface area contributed by atoms with Gasteiger partial charge in [0, 0.05) is 19.3 Å². The van der Waals surface area contributed by atoms with E-state index < -0.39 is 150 Å². The Balaban J connectivity index is 1.38. The Morgan fingerprint density at radius 1 is 0.525 bits per heavy atom. The van der Waals surface area contributed by atoms with Gasteiger partial charge in [-0.3, -0.25) is 42.3 Å². The first-order valence-electron chi connectivity index (χ1n) is 34.9. The molecule has 14 atom stereocenters. The highest BCUT2D eigenvalue weighted by atomic mass is 31.2. The second-order valence-electron chi connectivity index (χ2n) is 26.9. The molecule has 4 unspecified atom stereocenters. The number of amides is 2. The molecule has 2 fully saturated rings. The van der Waals surface area contributed by atoms with E-state index in [9.17, 15) is 28.8 Å². The summed E-state index contributed by atoms with van der Waals surface area (Å²) in [7, 11) is -7.65. The van der Waals surface area contributed by atoms with Gasteiger partial charge in [0.25, 0.3) is 0 Å². The van der Waals surface area contributed by atoms with Crippen molar-refractivity contribution in [3.63, 3.8) is 0 Å². The number of phosphoric acid groups is 1. The molecular formula is C74H105N2O21PSi. The first-order chi connectivity index (χ1) is 47.4. The number of ether oxygens (including phenoxy) is 10. The molecule has 3 aliphatic heterocycles. The SMILES string of the molecule is CCC(=O)O[C@H](CC)CC(=O)NC1[C@H](OCC2O[C@@H](O[Si](C)(C)C(C)(C)C)C(NC(=O)C[C@H](C)CC)[C@@H](OC(=O)C[C@@H](CC)OCc3ccccc3)[C@@H]2OCc2ccccc2)OC(COCc2ccccc2)[C@@H](OP2(=O)OCc3ccccc3CO2)[C@@H]1OC(=O)C[C@@H](CC)OC(=O)CC. The molecule has 2 amide bonds. The third-order valence-corrected chi connectivity index (χ3v) is 24.1. The number of rotatable bonds is 37. The van der Waals surface area contributed by atoms with Crippen molar-refractivity contribution in [1.82, 2.24) is 10.6 Å². The van der Waals surface area contributed by atoms with Crippen molar-refractivity contribution >= 4 is 51.8 Å². The quantitative estimate of drug-likeness (QED) is 0.0184. The molecule has 3 aliphatic rings. The molecule has 23 nitrogen and oxygen atoms in total. The van der Waals surface area contributed by atoms with E-state index in [-0.39, 0.29) is 90.0 Å². The molecule has 0 aliphatic carbocycles. The fraction of sp³-hybridized carbons (Fsp3) is 0.595. The minimum Gasteiger partial charge on any atom is -0.462 e. The van der Waals surface area contributed by atoms with E-state index in [1.165, 1.54) is 0 Å². The van der Waals surface area contributed by atoms with Crippen LogP contribution in [0.4, 0.5) is 0 Å². The Labute approximate surface area is 585 Å². The summed E-state index contributed by atoms with van der Waals surface area (Å²) in [5.41, 5.74) is 3.77. The van der Waals surface area contributed by atoms with Crippen molar-refractivity contribution in [1.29, 1.82) is 0 Å². The van der Waals surface area contributed by atoms with E-state index in [1.807, 2.05) is 125 Å². The minimum absolute atomic E-state index is 0.0247. The maximum atomic E-state index is 15.3. The van der Waals surface area contributed by atoms with Crippen molar-refractivity contribution in [3.8, 4) is 0 Å². The normalized spacial score (nSPS) is 23.6. The van der Waals surface area contributed by atoms with E-state index in [1.54, 1.807) is 52.0 Å². The third-order valence-electron chi connectivity index (χ3n) is 18.2. The van der Waals surface area contributed by atoms with Gasteiger partial charge < -0.3 is 62.4 Å². The molecule has 0 radical (unpaired) electrons. The number of hydrogen-bond acceptors (Lipinski definition) is 21. The fourth-order valence-electron chi connectivity index (χ4n) is 11.0. The van der Waals surface area contributed by atoms with Gasteiger partial charge in [-0.1, -0.05) is 191 Å². The van der Waals surface area contributed by atoms with Crippen LogP contribution in [0, 0.1) is 5.92 Å². The summed E-state index contributed by atoms with van der Waals surface area (Å²) in [4.78, 5) is 84.7. The molecule has 2 N–H and O–H groups in total. The Hall–Kier alpha value is -6.25. The van der Waals surface area contributed by atoms with Crippen LogP contribution in [0.15, 0.2) is 115 Å². The van der Waals surface area contributed by atoms with Crippen LogP contribution in [-0.2, 0) is 132 Å². The van der Waals surface area contributed by atoms with E-state index in [0.29, 0.717) is 24.0 Å². The predicted molar refractivity (Wildman–Crippen MR) is 369 cm³/mol. The lowest BCUT2D eigenvalue weighted by atomic mass is 9.94. The van der Waals surface area contributed by atoms with Crippen LogP contribution in [-0.4, -0.2) is 137 Å². The number of nitrogens with one attached hydrogen (secondary N) is 2. The van der Waals surface area contributed by atoms with E-state index >= 15 is 4.57 Å². The van der Waals surface area contributed by atoms with Crippen LogP contribution in [0.5, 0.6) is 0 Å². The topological polar surface area (TPSA) is 273 Å². The zero-order valence-electron chi connectivity index (χ0n) is 59.6. The van der Waals surface area contributed by atoms with Gasteiger partial charge in [0.1, 0.15) is 48.7 Å². The molecule has 0 aromatic heterocycles. The highest BCUT2D eigenvalue weighted by Crippen LogP contribution is 2.55. The van der Waals surface area contributed by atoms with Crippen LogP contribution in [0.2, 0.25) is 18.1 Å². The molecule has 99 heavy (non-hydrogen) atoms. The molecule has 546 valence electrons. The second kappa shape index (κ2) is 39.2. The van der Waals surface area contributed by atoms with Crippen LogP contribution in [0.1, 0.15) is 161 Å². The molecule has 2 saturated heterocycles. The lowest BCUT2D eigenvalue weighted by molar-refractivity contribution is -0.302. The zero-order valence-corrected chi connectivity index (χ0v) is 61.5. The molecule has 25 heteroatoms. The molecule has 0 spiro atoms. The summed E-state index contributed by atoms with van der Waals surface area (Å²) in [6, 6.07) is 32.5. The van der Waals surface area contributed by atoms with E-state index in [4.69, 9.17) is 65.4 Å². The van der Waals surface area contributed by atoms with Gasteiger partial charge in [0.2, 0.25) is 11.8 Å². The smallest absolute Gasteiger partial charge is 0.462 e. The third kappa shape index (κ3) is 24.8. The first-order valence-corrected chi connectivity index (χ1v) is 39.3. The summed E-state index contributed by atoms with van der Waals surface area (Å²) in [6.45, 7) is 21.7. The largest absolute Gasteiger partial charge is 0.475 e. The van der Waals surface area contributed by atoms with E-state index in [2.05, 4.69) is 31.4 Å². The molecule has 4 aromatic carbocycles. The summed E-state index contributed by atoms with van der Waals surface area (Å²) in [6.07, 6.45) is -13.5. The van der Waals surface area contributed by atoms with E-state index in [0.717, 1.165) is 16.7 Å². The first kappa shape index (κ1) is 80.1. The summed E-state index contributed by atoms with van der Waals surface area (Å²) in [5.74, 6) is -3.80. The lowest BCUT2D eigenvalue weighted by Gasteiger charge is -2.50. The van der Waals surface area contributed by atoms with Crippen molar-refractivity contribution in [3.05, 3.63) is 143 Å². The average molecular weight is 1420 g/mol. The highest BCUT2D eigenvalue weighted by Gasteiger charge is 2.57. The molecule has 3 heterocycles. The molecule has 7 rings (SSSR count). The Kier molecular flexibility index (Phi) is 31.7. The van der Waals surface area contributed by atoms with Gasteiger partial charge in [-0.2, -0.15) is 0 Å². The van der Waals surface area contributed by atoms with Crippen molar-refractivity contribution in [2.45, 2.75) is 264 Å². The predicted octanol–water partition coefficient (Wildman–Crippen LogP) is 12.4. The number of hydrogen-bond donors (Lipinski definition) is 2. The Morgan fingerprint density at radius 3 is 1.49 bits per heavy atom. The number of phosphoric ester groups is 1. The van der Waals surface area contributed by atoms with Crippen LogP contribution in [0.25, 0.3) is 0 Å². The maximum Gasteiger partial charge on any atom is 0.475 e. The molecular weight excluding hydrogens is 1310 g/mol. The van der Waals surface area contributed by atoms with Crippen LogP contribution < -0.4 is 10.6 Å². The number of carbonyl (C=O) groups is 6.